The summed E-state index contributed by atoms with van der Waals surface area (Å²) in [6, 6.07) is -0.881. The lowest BCUT2D eigenvalue weighted by atomic mass is 10.1. The van der Waals surface area contributed by atoms with E-state index in [9.17, 15) is 19.4 Å². The highest BCUT2D eigenvalue weighted by Gasteiger charge is 2.27. The standard InChI is InChI=1S/C46H79N2O6P/c1-6-8-10-12-14-16-18-19-20-21-22-23-24-25-26-27-28-29-30-32-34-36-38-40-46(50)47-44(43-54-55(51,52)53-42-41-48(3,4)5)45(49)39-37-35-33-31-17-15-13-11-9-7-2/h8,10,14,16,19-20,22-23,25-26,28-29,32,34,37,39,44-45,49H,6-7,9,11-13,15,17-18,21,24,27,30-31,33,35-36,38,40-43H2,1-5H3,(H-,47,50,51,52)/p+1/b10-8-,16-14-,20-19-,23-22-,26-25-,29-28-,34-32-,39-37+. The quantitative estimate of drug-likeness (QED) is 0.0253. The van der Waals surface area contributed by atoms with Crippen molar-refractivity contribution in [2.24, 2.45) is 0 Å². The van der Waals surface area contributed by atoms with Crippen LogP contribution in [-0.2, 0) is 18.4 Å². The molecule has 0 aliphatic heterocycles. The van der Waals surface area contributed by atoms with E-state index in [0.29, 0.717) is 17.4 Å². The van der Waals surface area contributed by atoms with E-state index < -0.39 is 20.0 Å². The van der Waals surface area contributed by atoms with E-state index in [-0.39, 0.29) is 25.5 Å². The summed E-state index contributed by atoms with van der Waals surface area (Å²) < 4.78 is 23.4. The van der Waals surface area contributed by atoms with Gasteiger partial charge in [0.1, 0.15) is 13.2 Å². The van der Waals surface area contributed by atoms with Crippen LogP contribution in [-0.4, -0.2) is 73.4 Å². The van der Waals surface area contributed by atoms with Gasteiger partial charge in [-0.1, -0.05) is 156 Å². The molecule has 0 aromatic rings. The van der Waals surface area contributed by atoms with Gasteiger partial charge < -0.3 is 19.8 Å². The van der Waals surface area contributed by atoms with Gasteiger partial charge in [0, 0.05) is 6.42 Å². The highest BCUT2D eigenvalue weighted by Crippen LogP contribution is 2.43. The van der Waals surface area contributed by atoms with Crippen molar-refractivity contribution >= 4 is 13.7 Å². The van der Waals surface area contributed by atoms with Crippen molar-refractivity contribution in [3.8, 4) is 0 Å². The summed E-state index contributed by atoms with van der Waals surface area (Å²) >= 11 is 0. The number of aliphatic hydroxyl groups is 1. The number of amides is 1. The van der Waals surface area contributed by atoms with E-state index in [1.54, 1.807) is 6.08 Å². The summed E-state index contributed by atoms with van der Waals surface area (Å²) in [6.45, 7) is 4.59. The highest BCUT2D eigenvalue weighted by atomic mass is 31.2. The molecule has 0 aromatic heterocycles. The van der Waals surface area contributed by atoms with Gasteiger partial charge in [0.15, 0.2) is 0 Å². The van der Waals surface area contributed by atoms with Gasteiger partial charge in [-0.25, -0.2) is 4.57 Å². The molecular weight excluding hydrogens is 707 g/mol. The minimum absolute atomic E-state index is 0.0446. The van der Waals surface area contributed by atoms with Crippen molar-refractivity contribution in [1.82, 2.24) is 5.32 Å². The molecule has 8 nitrogen and oxygen atoms in total. The second kappa shape index (κ2) is 37.0. The second-order valence-corrected chi connectivity index (χ2v) is 16.4. The van der Waals surface area contributed by atoms with Crippen molar-refractivity contribution in [1.29, 1.82) is 0 Å². The van der Waals surface area contributed by atoms with Gasteiger partial charge in [-0.3, -0.25) is 13.8 Å². The zero-order valence-electron chi connectivity index (χ0n) is 35.4. The molecule has 0 spiro atoms. The van der Waals surface area contributed by atoms with Crippen molar-refractivity contribution in [3.05, 3.63) is 97.2 Å². The maximum atomic E-state index is 12.8. The van der Waals surface area contributed by atoms with Crippen LogP contribution in [0.3, 0.4) is 0 Å². The number of nitrogens with zero attached hydrogens (tertiary/aromatic N) is 1. The van der Waals surface area contributed by atoms with E-state index in [2.05, 4.69) is 104 Å². The number of phosphoric ester groups is 1. The van der Waals surface area contributed by atoms with E-state index in [1.165, 1.54) is 38.5 Å². The summed E-state index contributed by atoms with van der Waals surface area (Å²) in [5, 5.41) is 13.7. The topological polar surface area (TPSA) is 105 Å². The molecule has 0 aromatic carbocycles. The van der Waals surface area contributed by atoms with Crippen LogP contribution in [0.1, 0.15) is 136 Å². The Morgan fingerprint density at radius 1 is 0.636 bits per heavy atom. The Morgan fingerprint density at radius 3 is 1.58 bits per heavy atom. The van der Waals surface area contributed by atoms with Gasteiger partial charge in [-0.2, -0.15) is 0 Å². The average molecular weight is 788 g/mol. The van der Waals surface area contributed by atoms with Gasteiger partial charge in [-0.05, 0) is 70.6 Å². The normalized spacial score (nSPS) is 15.4. The van der Waals surface area contributed by atoms with Gasteiger partial charge in [0.2, 0.25) is 5.91 Å². The average Bonchev–Trinajstić information content (AvgIpc) is 3.13. The minimum atomic E-state index is -4.35. The van der Waals surface area contributed by atoms with Crippen LogP contribution in [0.2, 0.25) is 0 Å². The number of unbranched alkanes of at least 4 members (excludes halogenated alkanes) is 9. The van der Waals surface area contributed by atoms with Crippen molar-refractivity contribution in [2.75, 3.05) is 40.9 Å². The van der Waals surface area contributed by atoms with Gasteiger partial charge in [0.25, 0.3) is 0 Å². The van der Waals surface area contributed by atoms with Gasteiger partial charge >= 0.3 is 7.82 Å². The van der Waals surface area contributed by atoms with E-state index >= 15 is 0 Å². The summed E-state index contributed by atoms with van der Waals surface area (Å²) in [5.41, 5.74) is 0. The summed E-state index contributed by atoms with van der Waals surface area (Å²) in [7, 11) is 1.51. The smallest absolute Gasteiger partial charge is 0.387 e. The Balaban J connectivity index is 4.52. The predicted octanol–water partition coefficient (Wildman–Crippen LogP) is 11.6. The number of likely N-dealkylation sites (N-methyl/N-ethyl adjacent to an activating group) is 1. The first kappa shape index (κ1) is 52.4. The molecule has 55 heavy (non-hydrogen) atoms. The van der Waals surface area contributed by atoms with E-state index in [4.69, 9.17) is 9.05 Å². The lowest BCUT2D eigenvalue weighted by Gasteiger charge is -2.25. The molecule has 3 N–H and O–H groups in total. The fourth-order valence-corrected chi connectivity index (χ4v) is 5.94. The first-order valence-electron chi connectivity index (χ1n) is 21.1. The first-order chi connectivity index (χ1) is 26.5. The Hall–Kier alpha value is -2.58. The molecule has 0 bridgehead atoms. The van der Waals surface area contributed by atoms with Crippen molar-refractivity contribution in [2.45, 2.75) is 148 Å². The number of quaternary nitrogens is 1. The molecule has 0 saturated carbocycles. The molecule has 0 radical (unpaired) electrons. The number of rotatable bonds is 36. The second-order valence-electron chi connectivity index (χ2n) is 15.0. The van der Waals surface area contributed by atoms with Crippen LogP contribution in [0.25, 0.3) is 0 Å². The number of carbonyl (C=O) groups is 1. The maximum Gasteiger partial charge on any atom is 0.472 e. The molecule has 0 aliphatic rings. The van der Waals surface area contributed by atoms with Crippen LogP contribution in [0, 0.1) is 0 Å². The molecule has 0 saturated heterocycles. The molecule has 3 unspecified atom stereocenters. The minimum Gasteiger partial charge on any atom is -0.387 e. The molecule has 0 aliphatic carbocycles. The lowest BCUT2D eigenvalue weighted by molar-refractivity contribution is -0.870. The molecule has 9 heteroatoms. The molecule has 0 heterocycles. The van der Waals surface area contributed by atoms with Gasteiger partial charge in [-0.15, -0.1) is 0 Å². The maximum absolute atomic E-state index is 12.8. The third-order valence-corrected chi connectivity index (χ3v) is 9.54. The monoisotopic (exact) mass is 788 g/mol. The van der Waals surface area contributed by atoms with E-state index in [0.717, 1.165) is 70.6 Å². The lowest BCUT2D eigenvalue weighted by Crippen LogP contribution is -2.45. The number of aliphatic hydroxyl groups excluding tert-OH is 1. The fourth-order valence-electron chi connectivity index (χ4n) is 5.20. The molecule has 1 amide bonds. The number of hydrogen-bond acceptors (Lipinski definition) is 5. The zero-order valence-corrected chi connectivity index (χ0v) is 36.3. The van der Waals surface area contributed by atoms with Crippen LogP contribution >= 0.6 is 7.82 Å². The van der Waals surface area contributed by atoms with E-state index in [1.807, 2.05) is 27.2 Å². The number of allylic oxidation sites excluding steroid dienone is 15. The fraction of sp³-hybridized carbons (Fsp3) is 0.630. The largest absolute Gasteiger partial charge is 0.472 e. The molecule has 3 atom stereocenters. The van der Waals surface area contributed by atoms with Gasteiger partial charge in [0.05, 0.1) is 39.9 Å². The SMILES string of the molecule is CC/C=C\C/C=C\C/C=C\C/C=C\C/C=C\C/C=C\C/C=C\CCCC(=O)NC(COP(=O)(O)OCC[N+](C)(C)C)C(O)/C=C/CCCCCCCCCC. The Morgan fingerprint density at radius 2 is 1.09 bits per heavy atom. The Kier molecular flexibility index (Phi) is 35.3. The number of phosphoric acid groups is 1. The van der Waals surface area contributed by atoms with Crippen LogP contribution in [0.15, 0.2) is 97.2 Å². The number of nitrogens with one attached hydrogen (secondary N) is 1. The number of carbonyl (C=O) groups excluding carboxylic acids is 1. The molecular formula is C46H80N2O6P+. The van der Waals surface area contributed by atoms with Crippen molar-refractivity contribution in [3.63, 3.8) is 0 Å². The van der Waals surface area contributed by atoms with Crippen LogP contribution < -0.4 is 5.32 Å². The van der Waals surface area contributed by atoms with Crippen molar-refractivity contribution < 1.29 is 32.9 Å². The third kappa shape index (κ3) is 39.5. The van der Waals surface area contributed by atoms with Crippen LogP contribution in [0.4, 0.5) is 0 Å². The first-order valence-corrected chi connectivity index (χ1v) is 22.6. The summed E-state index contributed by atoms with van der Waals surface area (Å²) in [6.07, 6.45) is 52.0. The predicted molar refractivity (Wildman–Crippen MR) is 235 cm³/mol. The Bertz CT molecular complexity index is 1210. The molecule has 0 fully saturated rings. The summed E-state index contributed by atoms with van der Waals surface area (Å²) in [5.74, 6) is -0.242. The third-order valence-electron chi connectivity index (χ3n) is 8.56. The molecule has 314 valence electrons. The van der Waals surface area contributed by atoms with Crippen LogP contribution in [0.5, 0.6) is 0 Å². The zero-order chi connectivity index (χ0) is 40.7. The Labute approximate surface area is 337 Å². The summed E-state index contributed by atoms with van der Waals surface area (Å²) in [4.78, 5) is 23.0. The molecule has 0 rings (SSSR count). The highest BCUT2D eigenvalue weighted by molar-refractivity contribution is 7.47. The number of hydrogen-bond donors (Lipinski definition) is 3.